The van der Waals surface area contributed by atoms with E-state index < -0.39 is 11.7 Å². The minimum absolute atomic E-state index is 0.500. The molecule has 0 aliphatic carbocycles. The van der Waals surface area contributed by atoms with Crippen molar-refractivity contribution in [2.24, 2.45) is 0 Å². The number of ether oxygens (including phenoxy) is 3. The maximum absolute atomic E-state index is 11.9. The summed E-state index contributed by atoms with van der Waals surface area (Å²) in [6, 6.07) is 17.4. The van der Waals surface area contributed by atoms with E-state index in [1.165, 1.54) is 0 Å². The molecule has 2 rings (SSSR count). The van der Waals surface area contributed by atoms with Gasteiger partial charge in [-0.25, -0.2) is 4.79 Å². The van der Waals surface area contributed by atoms with Crippen molar-refractivity contribution >= 4 is 11.8 Å². The molecule has 0 aromatic heterocycles. The molecule has 2 aromatic rings. The fraction of sp³-hybridized carbons (Fsp3) is 0.381. The quantitative estimate of drug-likeness (QED) is 0.674. The number of carbonyl (C=O) groups excluding carboxylic acids is 1. The third-order valence-electron chi connectivity index (χ3n) is 3.32. The lowest BCUT2D eigenvalue weighted by molar-refractivity contribution is 0.0635. The number of benzene rings is 2. The van der Waals surface area contributed by atoms with Crippen molar-refractivity contribution < 1.29 is 19.0 Å². The van der Waals surface area contributed by atoms with Gasteiger partial charge < -0.3 is 14.2 Å². The lowest BCUT2D eigenvalue weighted by atomic mass is 10.2. The summed E-state index contributed by atoms with van der Waals surface area (Å²) in [5.74, 6) is 0.612. The van der Waals surface area contributed by atoms with Gasteiger partial charge in [0.05, 0.1) is 25.5 Å². The van der Waals surface area contributed by atoms with Crippen LogP contribution in [0, 0.1) is 0 Å². The van der Waals surface area contributed by atoms with Gasteiger partial charge in [0.25, 0.3) is 0 Å². The van der Waals surface area contributed by atoms with Crippen molar-refractivity contribution in [1.82, 2.24) is 0 Å². The summed E-state index contributed by atoms with van der Waals surface area (Å²) < 4.78 is 16.7. The average Bonchev–Trinajstić information content (AvgIpc) is 2.58. The summed E-state index contributed by atoms with van der Waals surface area (Å²) in [5.41, 5.74) is 1.20. The van der Waals surface area contributed by atoms with Crippen LogP contribution in [0.4, 0.5) is 10.5 Å². The zero-order valence-electron chi connectivity index (χ0n) is 15.7. The first-order chi connectivity index (χ1) is 12.4. The third-order valence-corrected chi connectivity index (χ3v) is 3.32. The van der Waals surface area contributed by atoms with Gasteiger partial charge in [0.2, 0.25) is 0 Å². The molecule has 0 saturated heterocycles. The van der Waals surface area contributed by atoms with E-state index >= 15 is 0 Å². The van der Waals surface area contributed by atoms with Crippen LogP contribution in [0.3, 0.4) is 0 Å². The second-order valence-electron chi connectivity index (χ2n) is 6.86. The van der Waals surface area contributed by atoms with Crippen molar-refractivity contribution in [1.29, 1.82) is 0 Å². The van der Waals surface area contributed by atoms with E-state index in [-0.39, 0.29) is 0 Å². The molecule has 0 heterocycles. The minimum atomic E-state index is -0.546. The number of carbonyl (C=O) groups is 1. The number of nitrogens with one attached hydrogen (secondary N) is 1. The SMILES string of the molecule is CC(C)(C)OC(=O)Nc1ccccc1OCCCOCc1ccccc1. The highest BCUT2D eigenvalue weighted by molar-refractivity contribution is 5.86. The smallest absolute Gasteiger partial charge is 0.412 e. The monoisotopic (exact) mass is 357 g/mol. The van der Waals surface area contributed by atoms with Crippen LogP contribution < -0.4 is 10.1 Å². The minimum Gasteiger partial charge on any atom is -0.491 e. The molecule has 0 aliphatic rings. The Kier molecular flexibility index (Phi) is 7.48. The largest absolute Gasteiger partial charge is 0.491 e. The zero-order valence-corrected chi connectivity index (χ0v) is 15.7. The van der Waals surface area contributed by atoms with Crippen molar-refractivity contribution in [2.75, 3.05) is 18.5 Å². The third kappa shape index (κ3) is 7.57. The van der Waals surface area contributed by atoms with Gasteiger partial charge in [-0.2, -0.15) is 0 Å². The Balaban J connectivity index is 1.73. The summed E-state index contributed by atoms with van der Waals surface area (Å²) in [4.78, 5) is 11.9. The number of anilines is 1. The maximum atomic E-state index is 11.9. The van der Waals surface area contributed by atoms with Crippen molar-refractivity contribution in [3.63, 3.8) is 0 Å². The molecule has 26 heavy (non-hydrogen) atoms. The fourth-order valence-electron chi connectivity index (χ4n) is 2.22. The van der Waals surface area contributed by atoms with Gasteiger partial charge >= 0.3 is 6.09 Å². The van der Waals surface area contributed by atoms with Gasteiger partial charge in [0.1, 0.15) is 11.4 Å². The van der Waals surface area contributed by atoms with Gasteiger partial charge in [-0.1, -0.05) is 42.5 Å². The normalized spacial score (nSPS) is 11.0. The van der Waals surface area contributed by atoms with Crippen molar-refractivity contribution in [2.45, 2.75) is 39.4 Å². The summed E-state index contributed by atoms with van der Waals surface area (Å²) in [6.45, 7) is 7.18. The standard InChI is InChI=1S/C21H27NO4/c1-21(2,3)26-20(23)22-18-12-7-8-13-19(18)25-15-9-14-24-16-17-10-5-4-6-11-17/h4-8,10-13H,9,14-16H2,1-3H3,(H,22,23). The van der Waals surface area contributed by atoms with E-state index in [9.17, 15) is 4.79 Å². The summed E-state index contributed by atoms with van der Waals surface area (Å²) in [5, 5.41) is 2.72. The number of hydrogen-bond acceptors (Lipinski definition) is 4. The number of para-hydroxylation sites is 2. The van der Waals surface area contributed by atoms with Gasteiger partial charge in [-0.15, -0.1) is 0 Å². The maximum Gasteiger partial charge on any atom is 0.412 e. The molecule has 0 unspecified atom stereocenters. The molecular formula is C21H27NO4. The van der Waals surface area contributed by atoms with Gasteiger partial charge in [-0.05, 0) is 38.5 Å². The van der Waals surface area contributed by atoms with Crippen molar-refractivity contribution in [3.05, 3.63) is 60.2 Å². The molecule has 0 fully saturated rings. The number of amides is 1. The van der Waals surface area contributed by atoms with Crippen LogP contribution in [0.2, 0.25) is 0 Å². The number of rotatable bonds is 8. The first kappa shape index (κ1) is 19.8. The summed E-state index contributed by atoms with van der Waals surface area (Å²) >= 11 is 0. The molecule has 0 bridgehead atoms. The Morgan fingerprint density at radius 2 is 1.65 bits per heavy atom. The molecule has 0 saturated carbocycles. The molecule has 0 aliphatic heterocycles. The first-order valence-electron chi connectivity index (χ1n) is 8.77. The van der Waals surface area contributed by atoms with E-state index in [0.717, 1.165) is 12.0 Å². The zero-order chi connectivity index (χ0) is 18.8. The molecule has 0 radical (unpaired) electrons. The lowest BCUT2D eigenvalue weighted by Crippen LogP contribution is -2.27. The average molecular weight is 357 g/mol. The van der Waals surface area contributed by atoms with Crippen LogP contribution in [0.15, 0.2) is 54.6 Å². The Hall–Kier alpha value is -2.53. The molecule has 5 heteroatoms. The van der Waals surface area contributed by atoms with E-state index in [1.54, 1.807) is 6.07 Å². The molecule has 0 spiro atoms. The highest BCUT2D eigenvalue weighted by Crippen LogP contribution is 2.24. The van der Waals surface area contributed by atoms with E-state index in [2.05, 4.69) is 5.32 Å². The van der Waals surface area contributed by atoms with Crippen LogP contribution in [0.1, 0.15) is 32.8 Å². The van der Waals surface area contributed by atoms with Crippen LogP contribution >= 0.6 is 0 Å². The van der Waals surface area contributed by atoms with E-state index in [0.29, 0.717) is 31.3 Å². The molecule has 1 amide bonds. The number of hydrogen-bond donors (Lipinski definition) is 1. The van der Waals surface area contributed by atoms with E-state index in [4.69, 9.17) is 14.2 Å². The van der Waals surface area contributed by atoms with Gasteiger partial charge in [0, 0.05) is 6.42 Å². The Bertz CT molecular complexity index is 680. The fourth-order valence-corrected chi connectivity index (χ4v) is 2.22. The van der Waals surface area contributed by atoms with Gasteiger partial charge in [0.15, 0.2) is 0 Å². The van der Waals surface area contributed by atoms with Crippen LogP contribution in [0.25, 0.3) is 0 Å². The summed E-state index contributed by atoms with van der Waals surface area (Å²) in [7, 11) is 0. The second kappa shape index (κ2) is 9.82. The molecule has 0 atom stereocenters. The predicted molar refractivity (Wildman–Crippen MR) is 103 cm³/mol. The Labute approximate surface area is 155 Å². The molecular weight excluding hydrogens is 330 g/mol. The summed E-state index contributed by atoms with van der Waals surface area (Å²) in [6.07, 6.45) is 0.257. The van der Waals surface area contributed by atoms with Crippen LogP contribution in [0.5, 0.6) is 5.75 Å². The molecule has 1 N–H and O–H groups in total. The molecule has 5 nitrogen and oxygen atoms in total. The first-order valence-corrected chi connectivity index (χ1v) is 8.77. The second-order valence-corrected chi connectivity index (χ2v) is 6.86. The predicted octanol–water partition coefficient (Wildman–Crippen LogP) is 5.02. The lowest BCUT2D eigenvalue weighted by Gasteiger charge is -2.20. The highest BCUT2D eigenvalue weighted by atomic mass is 16.6. The Morgan fingerprint density at radius 3 is 2.38 bits per heavy atom. The van der Waals surface area contributed by atoms with Gasteiger partial charge in [-0.3, -0.25) is 5.32 Å². The topological polar surface area (TPSA) is 56.8 Å². The Morgan fingerprint density at radius 1 is 0.962 bits per heavy atom. The van der Waals surface area contributed by atoms with E-state index in [1.807, 2.05) is 69.3 Å². The van der Waals surface area contributed by atoms with Crippen LogP contribution in [-0.4, -0.2) is 24.9 Å². The van der Waals surface area contributed by atoms with Crippen LogP contribution in [-0.2, 0) is 16.1 Å². The van der Waals surface area contributed by atoms with Crippen molar-refractivity contribution in [3.8, 4) is 5.75 Å². The highest BCUT2D eigenvalue weighted by Gasteiger charge is 2.17. The molecule has 2 aromatic carbocycles. The molecule has 140 valence electrons.